The monoisotopic (exact) mass is 334 g/mol. The van der Waals surface area contributed by atoms with Gasteiger partial charge in [0.15, 0.2) is 11.5 Å². The number of hydrogen-bond donors (Lipinski definition) is 1. The van der Waals surface area contributed by atoms with Crippen molar-refractivity contribution in [3.63, 3.8) is 0 Å². The van der Waals surface area contributed by atoms with Crippen LogP contribution in [0.4, 0.5) is 0 Å². The van der Waals surface area contributed by atoms with Gasteiger partial charge in [-0.25, -0.2) is 0 Å². The summed E-state index contributed by atoms with van der Waals surface area (Å²) in [5.41, 5.74) is 1.41. The van der Waals surface area contributed by atoms with E-state index in [1.165, 1.54) is 0 Å². The number of β-amino-alcohol motifs (C(OH)–C–C–N with tert-alkyl or cyclic N) is 1. The van der Waals surface area contributed by atoms with E-state index in [0.29, 0.717) is 36.7 Å². The maximum Gasteiger partial charge on any atom is 0.254 e. The van der Waals surface area contributed by atoms with Crippen molar-refractivity contribution in [3.05, 3.63) is 29.3 Å². The van der Waals surface area contributed by atoms with Crippen LogP contribution in [0.25, 0.3) is 6.08 Å². The number of ether oxygens (including phenoxy) is 2. The highest BCUT2D eigenvalue weighted by Gasteiger charge is 2.23. The van der Waals surface area contributed by atoms with Crippen LogP contribution in [0.15, 0.2) is 18.2 Å². The van der Waals surface area contributed by atoms with E-state index >= 15 is 0 Å². The van der Waals surface area contributed by atoms with Crippen molar-refractivity contribution in [2.24, 2.45) is 0 Å². The first-order valence-corrected chi connectivity index (χ1v) is 8.15. The quantitative estimate of drug-likeness (QED) is 0.854. The SMILES string of the molecule is CC=Cc1cc(C(=O)N2CCN(CCO)CC2)cc(OC)c1OC. The minimum Gasteiger partial charge on any atom is -0.493 e. The average molecular weight is 334 g/mol. The number of benzene rings is 1. The average Bonchev–Trinajstić information content (AvgIpc) is 2.61. The molecule has 0 aromatic heterocycles. The number of hydrogen-bond acceptors (Lipinski definition) is 5. The molecule has 0 saturated carbocycles. The van der Waals surface area contributed by atoms with Gasteiger partial charge in [0.1, 0.15) is 0 Å². The molecule has 1 fully saturated rings. The maximum atomic E-state index is 12.8. The summed E-state index contributed by atoms with van der Waals surface area (Å²) in [6.45, 7) is 5.60. The van der Waals surface area contributed by atoms with E-state index < -0.39 is 0 Å². The fourth-order valence-corrected chi connectivity index (χ4v) is 2.92. The van der Waals surface area contributed by atoms with E-state index in [1.54, 1.807) is 20.3 Å². The fourth-order valence-electron chi connectivity index (χ4n) is 2.92. The van der Waals surface area contributed by atoms with Crippen LogP contribution in [-0.2, 0) is 0 Å². The molecule has 1 saturated heterocycles. The highest BCUT2D eigenvalue weighted by Crippen LogP contribution is 2.34. The Labute approximate surface area is 143 Å². The molecular formula is C18H26N2O4. The molecule has 0 bridgehead atoms. The van der Waals surface area contributed by atoms with Crippen molar-refractivity contribution in [1.29, 1.82) is 0 Å². The van der Waals surface area contributed by atoms with Gasteiger partial charge >= 0.3 is 0 Å². The predicted octanol–water partition coefficient (Wildman–Crippen LogP) is 1.49. The summed E-state index contributed by atoms with van der Waals surface area (Å²) in [7, 11) is 3.16. The summed E-state index contributed by atoms with van der Waals surface area (Å²) < 4.78 is 10.8. The Balaban J connectivity index is 2.22. The Hall–Kier alpha value is -2.05. The lowest BCUT2D eigenvalue weighted by Gasteiger charge is -2.34. The Kier molecular flexibility index (Phi) is 6.63. The summed E-state index contributed by atoms with van der Waals surface area (Å²) in [6.07, 6.45) is 3.80. The molecule has 1 aromatic rings. The third-order valence-electron chi connectivity index (χ3n) is 4.18. The topological polar surface area (TPSA) is 62.2 Å². The number of aliphatic hydroxyl groups is 1. The highest BCUT2D eigenvalue weighted by atomic mass is 16.5. The number of nitrogens with zero attached hydrogens (tertiary/aromatic N) is 2. The number of piperazine rings is 1. The number of carbonyl (C=O) groups excluding carboxylic acids is 1. The van der Waals surface area contributed by atoms with Crippen molar-refractivity contribution in [2.75, 3.05) is 53.6 Å². The molecule has 0 radical (unpaired) electrons. The standard InChI is InChI=1S/C18H26N2O4/c1-4-5-14-12-15(13-16(23-2)17(14)24-3)18(22)20-8-6-19(7-9-20)10-11-21/h4-5,12-13,21H,6-11H2,1-3H3. The molecule has 2 rings (SSSR count). The van der Waals surface area contributed by atoms with Crippen molar-refractivity contribution in [3.8, 4) is 11.5 Å². The van der Waals surface area contributed by atoms with Gasteiger partial charge in [-0.15, -0.1) is 0 Å². The van der Waals surface area contributed by atoms with Crippen LogP contribution in [0.3, 0.4) is 0 Å². The van der Waals surface area contributed by atoms with Crippen LogP contribution in [0.1, 0.15) is 22.8 Å². The fraction of sp³-hybridized carbons (Fsp3) is 0.500. The van der Waals surface area contributed by atoms with Crippen LogP contribution >= 0.6 is 0 Å². The van der Waals surface area contributed by atoms with Crippen molar-refractivity contribution < 1.29 is 19.4 Å². The van der Waals surface area contributed by atoms with E-state index in [4.69, 9.17) is 14.6 Å². The molecule has 6 heteroatoms. The van der Waals surface area contributed by atoms with Gasteiger partial charge in [0, 0.05) is 43.9 Å². The van der Waals surface area contributed by atoms with Crippen molar-refractivity contribution in [1.82, 2.24) is 9.80 Å². The highest BCUT2D eigenvalue weighted by molar-refractivity contribution is 5.96. The van der Waals surface area contributed by atoms with Crippen LogP contribution in [-0.4, -0.2) is 74.4 Å². The summed E-state index contributed by atoms with van der Waals surface area (Å²) in [5.74, 6) is 1.17. The number of allylic oxidation sites excluding steroid dienone is 1. The van der Waals surface area contributed by atoms with E-state index in [9.17, 15) is 4.79 Å². The van der Waals surface area contributed by atoms with E-state index in [0.717, 1.165) is 18.7 Å². The van der Waals surface area contributed by atoms with Crippen LogP contribution in [0, 0.1) is 0 Å². The second-order valence-electron chi connectivity index (χ2n) is 5.66. The first-order chi connectivity index (χ1) is 11.6. The number of amides is 1. The lowest BCUT2D eigenvalue weighted by Crippen LogP contribution is -2.49. The second-order valence-corrected chi connectivity index (χ2v) is 5.66. The molecule has 1 aromatic carbocycles. The molecule has 1 amide bonds. The number of aliphatic hydroxyl groups excluding tert-OH is 1. The third kappa shape index (κ3) is 4.07. The summed E-state index contributed by atoms with van der Waals surface area (Å²) >= 11 is 0. The zero-order valence-corrected chi connectivity index (χ0v) is 14.6. The lowest BCUT2D eigenvalue weighted by atomic mass is 10.1. The molecule has 1 N–H and O–H groups in total. The third-order valence-corrected chi connectivity index (χ3v) is 4.18. The molecule has 1 aliphatic rings. The molecule has 1 heterocycles. The molecule has 24 heavy (non-hydrogen) atoms. The van der Waals surface area contributed by atoms with Crippen LogP contribution in [0.2, 0.25) is 0 Å². The summed E-state index contributed by atoms with van der Waals surface area (Å²) in [5, 5.41) is 9.01. The molecule has 0 aliphatic carbocycles. The number of rotatable bonds is 6. The van der Waals surface area contributed by atoms with E-state index in [2.05, 4.69) is 4.90 Å². The minimum atomic E-state index is -0.00893. The van der Waals surface area contributed by atoms with Crippen LogP contribution in [0.5, 0.6) is 11.5 Å². The molecule has 1 aliphatic heterocycles. The van der Waals surface area contributed by atoms with Gasteiger partial charge in [0.2, 0.25) is 0 Å². The largest absolute Gasteiger partial charge is 0.493 e. The first-order valence-electron chi connectivity index (χ1n) is 8.15. The number of methoxy groups -OCH3 is 2. The molecule has 0 unspecified atom stereocenters. The predicted molar refractivity (Wildman–Crippen MR) is 93.7 cm³/mol. The lowest BCUT2D eigenvalue weighted by molar-refractivity contribution is 0.0614. The number of carbonyl (C=O) groups is 1. The molecule has 0 atom stereocenters. The Morgan fingerprint density at radius 3 is 2.46 bits per heavy atom. The van der Waals surface area contributed by atoms with E-state index in [1.807, 2.05) is 30.0 Å². The smallest absolute Gasteiger partial charge is 0.254 e. The van der Waals surface area contributed by atoms with Gasteiger partial charge < -0.3 is 19.5 Å². The maximum absolute atomic E-state index is 12.8. The Bertz CT molecular complexity index is 593. The van der Waals surface area contributed by atoms with Crippen LogP contribution < -0.4 is 9.47 Å². The van der Waals surface area contributed by atoms with Crippen molar-refractivity contribution >= 4 is 12.0 Å². The summed E-state index contributed by atoms with van der Waals surface area (Å²) in [4.78, 5) is 16.8. The van der Waals surface area contributed by atoms with Gasteiger partial charge in [-0.2, -0.15) is 0 Å². The molecular weight excluding hydrogens is 308 g/mol. The minimum absolute atomic E-state index is 0.00893. The second kappa shape index (κ2) is 8.70. The summed E-state index contributed by atoms with van der Waals surface area (Å²) in [6, 6.07) is 3.57. The molecule has 6 nitrogen and oxygen atoms in total. The van der Waals surface area contributed by atoms with E-state index in [-0.39, 0.29) is 12.5 Å². The Morgan fingerprint density at radius 2 is 1.92 bits per heavy atom. The Morgan fingerprint density at radius 1 is 1.21 bits per heavy atom. The normalized spacial score (nSPS) is 15.8. The van der Waals surface area contributed by atoms with Gasteiger partial charge in [0.05, 0.1) is 20.8 Å². The molecule has 0 spiro atoms. The molecule has 132 valence electrons. The van der Waals surface area contributed by atoms with Gasteiger partial charge in [-0.05, 0) is 19.1 Å². The first kappa shape index (κ1) is 18.3. The van der Waals surface area contributed by atoms with Crippen molar-refractivity contribution in [2.45, 2.75) is 6.92 Å². The zero-order valence-electron chi connectivity index (χ0n) is 14.6. The van der Waals surface area contributed by atoms with Gasteiger partial charge in [0.25, 0.3) is 5.91 Å². The van der Waals surface area contributed by atoms with Gasteiger partial charge in [-0.1, -0.05) is 12.2 Å². The van der Waals surface area contributed by atoms with Gasteiger partial charge in [-0.3, -0.25) is 9.69 Å². The zero-order chi connectivity index (χ0) is 17.5.